The lowest BCUT2D eigenvalue weighted by Gasteiger charge is -2.16. The van der Waals surface area contributed by atoms with E-state index in [2.05, 4.69) is 6.58 Å². The molecule has 0 fully saturated rings. The van der Waals surface area contributed by atoms with Crippen LogP contribution in [0.3, 0.4) is 0 Å². The number of carboxylic acid groups (broad SMARTS) is 1. The van der Waals surface area contributed by atoms with Crippen LogP contribution in [0.4, 0.5) is 0 Å². The lowest BCUT2D eigenvalue weighted by molar-refractivity contribution is -0.141. The Labute approximate surface area is 118 Å². The van der Waals surface area contributed by atoms with Crippen LogP contribution in [0.25, 0.3) is 0 Å². The van der Waals surface area contributed by atoms with Gasteiger partial charge in [-0.2, -0.15) is 0 Å². The van der Waals surface area contributed by atoms with E-state index in [-0.39, 0.29) is 0 Å². The Hall–Kier alpha value is -2.17. The molecule has 5 heteroatoms. The summed E-state index contributed by atoms with van der Waals surface area (Å²) in [5.74, 6) is 0.164. The topological polar surface area (TPSA) is 65.0 Å². The van der Waals surface area contributed by atoms with Crippen LogP contribution in [0.1, 0.15) is 12.0 Å². The van der Waals surface area contributed by atoms with Crippen molar-refractivity contribution in [1.82, 2.24) is 0 Å². The van der Waals surface area contributed by atoms with E-state index in [0.717, 1.165) is 5.56 Å². The van der Waals surface area contributed by atoms with Gasteiger partial charge in [-0.05, 0) is 30.5 Å². The van der Waals surface area contributed by atoms with Gasteiger partial charge in [0, 0.05) is 0 Å². The molecule has 5 nitrogen and oxygen atoms in total. The van der Waals surface area contributed by atoms with Crippen LogP contribution in [-0.4, -0.2) is 32.4 Å². The molecule has 0 aliphatic heterocycles. The fraction of sp³-hybridized carbons (Fsp3) is 0.400. The van der Waals surface area contributed by atoms with Gasteiger partial charge in [0.05, 0.1) is 27.2 Å². The Morgan fingerprint density at radius 1 is 1.25 bits per heavy atom. The molecule has 0 unspecified atom stereocenters. The fourth-order valence-corrected chi connectivity index (χ4v) is 2.01. The molecule has 1 rings (SSSR count). The van der Waals surface area contributed by atoms with Gasteiger partial charge in [0.15, 0.2) is 11.5 Å². The maximum atomic E-state index is 11.2. The number of methoxy groups -OCH3 is 3. The van der Waals surface area contributed by atoms with Crippen LogP contribution in [-0.2, 0) is 11.2 Å². The molecule has 0 radical (unpaired) electrons. The number of rotatable bonds is 8. The minimum absolute atomic E-state index is 0.373. The molecule has 1 aromatic carbocycles. The summed E-state index contributed by atoms with van der Waals surface area (Å²) < 4.78 is 15.7. The molecule has 0 aliphatic rings. The van der Waals surface area contributed by atoms with Gasteiger partial charge < -0.3 is 19.3 Å². The Morgan fingerprint density at radius 3 is 2.15 bits per heavy atom. The van der Waals surface area contributed by atoms with Crippen LogP contribution in [0.15, 0.2) is 24.8 Å². The highest BCUT2D eigenvalue weighted by molar-refractivity contribution is 5.70. The van der Waals surface area contributed by atoms with Gasteiger partial charge in [-0.1, -0.05) is 6.08 Å². The summed E-state index contributed by atoms with van der Waals surface area (Å²) in [6.45, 7) is 3.59. The minimum Gasteiger partial charge on any atom is -0.493 e. The van der Waals surface area contributed by atoms with Gasteiger partial charge in [0.25, 0.3) is 0 Å². The highest BCUT2D eigenvalue weighted by atomic mass is 16.5. The summed E-state index contributed by atoms with van der Waals surface area (Å²) in [5.41, 5.74) is 0.814. The molecule has 1 aromatic rings. The minimum atomic E-state index is -0.848. The first-order valence-electron chi connectivity index (χ1n) is 6.19. The lowest BCUT2D eigenvalue weighted by atomic mass is 9.96. The normalized spacial score (nSPS) is 11.6. The van der Waals surface area contributed by atoms with Crippen LogP contribution < -0.4 is 14.2 Å². The second kappa shape index (κ2) is 7.43. The first-order valence-corrected chi connectivity index (χ1v) is 6.19. The molecule has 0 saturated heterocycles. The molecular weight excluding hydrogens is 260 g/mol. The molecule has 110 valence electrons. The van der Waals surface area contributed by atoms with Crippen LogP contribution in [0.5, 0.6) is 17.2 Å². The van der Waals surface area contributed by atoms with E-state index in [4.69, 9.17) is 14.2 Å². The summed E-state index contributed by atoms with van der Waals surface area (Å²) in [6, 6.07) is 3.53. The number of allylic oxidation sites excluding steroid dienone is 1. The third-order valence-electron chi connectivity index (χ3n) is 3.01. The van der Waals surface area contributed by atoms with E-state index >= 15 is 0 Å². The summed E-state index contributed by atoms with van der Waals surface area (Å²) in [4.78, 5) is 11.2. The highest BCUT2D eigenvalue weighted by Crippen LogP contribution is 2.38. The maximum Gasteiger partial charge on any atom is 0.307 e. The number of carbonyl (C=O) groups is 1. The smallest absolute Gasteiger partial charge is 0.307 e. The summed E-state index contributed by atoms with van der Waals surface area (Å²) >= 11 is 0. The average Bonchev–Trinajstić information content (AvgIpc) is 2.45. The molecule has 0 saturated carbocycles. The van der Waals surface area contributed by atoms with Crippen molar-refractivity contribution in [3.05, 3.63) is 30.4 Å². The maximum absolute atomic E-state index is 11.2. The zero-order valence-corrected chi connectivity index (χ0v) is 12.0. The zero-order chi connectivity index (χ0) is 15.1. The molecule has 1 atom stereocenters. The van der Waals surface area contributed by atoms with Crippen molar-refractivity contribution in [2.75, 3.05) is 21.3 Å². The number of benzene rings is 1. The number of ether oxygens (including phenoxy) is 3. The third-order valence-corrected chi connectivity index (χ3v) is 3.01. The number of carboxylic acids is 1. The Balaban J connectivity index is 3.12. The van der Waals surface area contributed by atoms with Crippen LogP contribution in [0, 0.1) is 5.92 Å². The molecule has 20 heavy (non-hydrogen) atoms. The molecule has 0 bridgehead atoms. The predicted molar refractivity (Wildman–Crippen MR) is 75.7 cm³/mol. The predicted octanol–water partition coefficient (Wildman–Crippen LogP) is 2.53. The van der Waals surface area contributed by atoms with E-state index in [9.17, 15) is 9.90 Å². The Kier molecular flexibility index (Phi) is 5.90. The van der Waals surface area contributed by atoms with Crippen molar-refractivity contribution >= 4 is 5.97 Å². The van der Waals surface area contributed by atoms with E-state index < -0.39 is 11.9 Å². The van der Waals surface area contributed by atoms with Crippen molar-refractivity contribution in [3.63, 3.8) is 0 Å². The zero-order valence-electron chi connectivity index (χ0n) is 12.0. The average molecular weight is 280 g/mol. The summed E-state index contributed by atoms with van der Waals surface area (Å²) in [7, 11) is 4.58. The lowest BCUT2D eigenvalue weighted by Crippen LogP contribution is -2.15. The van der Waals surface area contributed by atoms with Gasteiger partial charge in [-0.15, -0.1) is 6.58 Å². The largest absolute Gasteiger partial charge is 0.493 e. The monoisotopic (exact) mass is 280 g/mol. The summed E-state index contributed by atoms with van der Waals surface area (Å²) in [6.07, 6.45) is 2.39. The second-order valence-electron chi connectivity index (χ2n) is 4.30. The molecule has 0 aromatic heterocycles. The Bertz CT molecular complexity index is 456. The van der Waals surface area contributed by atoms with Crippen LogP contribution >= 0.6 is 0 Å². The van der Waals surface area contributed by atoms with E-state index in [1.165, 1.54) is 21.3 Å². The van der Waals surface area contributed by atoms with Gasteiger partial charge in [0.2, 0.25) is 5.75 Å². The molecule has 0 spiro atoms. The number of hydrogen-bond acceptors (Lipinski definition) is 4. The molecule has 0 aliphatic carbocycles. The molecule has 0 amide bonds. The third kappa shape index (κ3) is 3.66. The van der Waals surface area contributed by atoms with Crippen LogP contribution in [0.2, 0.25) is 0 Å². The first-order chi connectivity index (χ1) is 9.57. The van der Waals surface area contributed by atoms with Gasteiger partial charge >= 0.3 is 5.97 Å². The number of aliphatic carboxylic acids is 1. The van der Waals surface area contributed by atoms with Gasteiger partial charge in [-0.3, -0.25) is 4.79 Å². The van der Waals surface area contributed by atoms with E-state index in [1.54, 1.807) is 18.2 Å². The fourth-order valence-electron chi connectivity index (χ4n) is 2.01. The van der Waals surface area contributed by atoms with E-state index in [1.807, 2.05) is 0 Å². The SMILES string of the molecule is C=CC[C@@H](Cc1cc(OC)c(OC)c(OC)c1)C(=O)O. The molecular formula is C15H20O5. The van der Waals surface area contributed by atoms with Crippen molar-refractivity contribution in [2.45, 2.75) is 12.8 Å². The summed E-state index contributed by atoms with van der Waals surface area (Å²) in [5, 5.41) is 9.18. The van der Waals surface area contributed by atoms with Crippen molar-refractivity contribution in [2.24, 2.45) is 5.92 Å². The first kappa shape index (κ1) is 15.9. The van der Waals surface area contributed by atoms with Gasteiger partial charge in [-0.25, -0.2) is 0 Å². The number of hydrogen-bond donors (Lipinski definition) is 1. The quantitative estimate of drug-likeness (QED) is 0.741. The van der Waals surface area contributed by atoms with E-state index in [0.29, 0.717) is 30.1 Å². The van der Waals surface area contributed by atoms with Crippen molar-refractivity contribution in [3.8, 4) is 17.2 Å². The molecule has 1 N–H and O–H groups in total. The van der Waals surface area contributed by atoms with Crippen molar-refractivity contribution < 1.29 is 24.1 Å². The standard InChI is InChI=1S/C15H20O5/c1-5-6-11(15(16)17)7-10-8-12(18-2)14(20-4)13(9-10)19-3/h5,8-9,11H,1,6-7H2,2-4H3,(H,16,17)/t11-/m0/s1. The Morgan fingerprint density at radius 2 is 1.80 bits per heavy atom. The van der Waals surface area contributed by atoms with Crippen molar-refractivity contribution in [1.29, 1.82) is 0 Å². The second-order valence-corrected chi connectivity index (χ2v) is 4.30. The van der Waals surface area contributed by atoms with Gasteiger partial charge in [0.1, 0.15) is 0 Å². The highest BCUT2D eigenvalue weighted by Gasteiger charge is 2.19. The molecule has 0 heterocycles.